The molecule has 0 aliphatic heterocycles. The van der Waals surface area contributed by atoms with Crippen molar-refractivity contribution in [2.45, 2.75) is 65.1 Å². The minimum absolute atomic E-state index is 0.0145. The van der Waals surface area contributed by atoms with E-state index in [1.807, 2.05) is 18.2 Å². The van der Waals surface area contributed by atoms with Crippen molar-refractivity contribution in [3.63, 3.8) is 0 Å². The molecule has 1 N–H and O–H groups in total. The van der Waals surface area contributed by atoms with E-state index >= 15 is 0 Å². The van der Waals surface area contributed by atoms with Crippen molar-refractivity contribution in [1.82, 2.24) is 0 Å². The summed E-state index contributed by atoms with van der Waals surface area (Å²) in [6.07, 6.45) is 1.88. The first-order chi connectivity index (χ1) is 16.0. The molecule has 0 amide bonds. The van der Waals surface area contributed by atoms with Gasteiger partial charge in [0.2, 0.25) is 0 Å². The fourth-order valence-electron chi connectivity index (χ4n) is 5.13. The summed E-state index contributed by atoms with van der Waals surface area (Å²) in [5.41, 5.74) is 3.97. The molecule has 0 bridgehead atoms. The molecule has 3 atom stereocenters. The van der Waals surface area contributed by atoms with E-state index in [-0.39, 0.29) is 22.6 Å². The normalized spacial score (nSPS) is 14.9. The quantitative estimate of drug-likeness (QED) is 0.316. The standard InChI is InChI=1S/C31H37BO2/c1-22(23-16-18-26(19-17-23)29(33)34)30(2,3)20-27(24-12-8-6-9-13-24)31(4,5)21-28(32)25-14-10-7-11-15-25/h6-19,22,27-28H,20-21H2,1-5H3,(H,33,34). The molecule has 0 fully saturated rings. The second-order valence-electron chi connectivity index (χ2n) is 11.0. The van der Waals surface area contributed by atoms with E-state index in [0.29, 0.717) is 11.5 Å². The number of hydrogen-bond acceptors (Lipinski definition) is 1. The molecule has 0 aliphatic carbocycles. The zero-order valence-electron chi connectivity index (χ0n) is 21.2. The van der Waals surface area contributed by atoms with Crippen LogP contribution in [-0.4, -0.2) is 18.9 Å². The van der Waals surface area contributed by atoms with Crippen LogP contribution in [0.1, 0.15) is 92.2 Å². The van der Waals surface area contributed by atoms with Crippen LogP contribution in [0.3, 0.4) is 0 Å². The zero-order valence-corrected chi connectivity index (χ0v) is 21.2. The first-order valence-electron chi connectivity index (χ1n) is 12.2. The van der Waals surface area contributed by atoms with Gasteiger partial charge in [0.05, 0.1) is 13.4 Å². The van der Waals surface area contributed by atoms with Crippen molar-refractivity contribution in [2.75, 3.05) is 0 Å². The van der Waals surface area contributed by atoms with E-state index in [9.17, 15) is 9.90 Å². The number of benzene rings is 3. The summed E-state index contributed by atoms with van der Waals surface area (Å²) in [7, 11) is 6.70. The van der Waals surface area contributed by atoms with Crippen LogP contribution in [0.4, 0.5) is 0 Å². The summed E-state index contributed by atoms with van der Waals surface area (Å²) in [5, 5.41) is 9.25. The smallest absolute Gasteiger partial charge is 0.335 e. The molecule has 0 spiro atoms. The molecular weight excluding hydrogens is 415 g/mol. The maximum Gasteiger partial charge on any atom is 0.335 e. The Kier molecular flexibility index (Phi) is 8.07. The SMILES string of the molecule is [B]C(CC(C)(C)C(CC(C)(C)C(C)c1ccc(C(=O)O)cc1)c1ccccc1)c1ccccc1. The van der Waals surface area contributed by atoms with Gasteiger partial charge in [-0.05, 0) is 58.8 Å². The third-order valence-electron chi connectivity index (χ3n) is 7.68. The van der Waals surface area contributed by atoms with Gasteiger partial charge >= 0.3 is 5.97 Å². The van der Waals surface area contributed by atoms with Crippen LogP contribution in [0, 0.1) is 10.8 Å². The van der Waals surface area contributed by atoms with E-state index in [1.54, 1.807) is 12.1 Å². The summed E-state index contributed by atoms with van der Waals surface area (Å²) in [5.74, 6) is -0.329. The number of carboxylic acid groups (broad SMARTS) is 1. The molecule has 3 rings (SSSR count). The summed E-state index contributed by atoms with van der Waals surface area (Å²) >= 11 is 0. The highest BCUT2D eigenvalue weighted by atomic mass is 16.4. The Balaban J connectivity index is 1.88. The minimum Gasteiger partial charge on any atom is -0.478 e. The molecule has 3 unspecified atom stereocenters. The van der Waals surface area contributed by atoms with Crippen molar-refractivity contribution in [3.05, 3.63) is 107 Å². The van der Waals surface area contributed by atoms with Gasteiger partial charge in [-0.1, -0.05) is 119 Å². The molecule has 2 radical (unpaired) electrons. The van der Waals surface area contributed by atoms with Crippen molar-refractivity contribution in [3.8, 4) is 0 Å². The second kappa shape index (κ2) is 10.6. The number of hydrogen-bond donors (Lipinski definition) is 1. The van der Waals surface area contributed by atoms with E-state index < -0.39 is 5.97 Å². The molecule has 3 aromatic rings. The monoisotopic (exact) mass is 452 g/mol. The second-order valence-corrected chi connectivity index (χ2v) is 11.0. The summed E-state index contributed by atoms with van der Waals surface area (Å²) in [6.45, 7) is 11.6. The highest BCUT2D eigenvalue weighted by Gasteiger charge is 2.38. The van der Waals surface area contributed by atoms with E-state index in [4.69, 9.17) is 7.85 Å². The highest BCUT2D eigenvalue weighted by molar-refractivity contribution is 6.12. The molecule has 2 nitrogen and oxygen atoms in total. The van der Waals surface area contributed by atoms with Crippen molar-refractivity contribution < 1.29 is 9.90 Å². The molecule has 0 aromatic heterocycles. The largest absolute Gasteiger partial charge is 0.478 e. The lowest BCUT2D eigenvalue weighted by Gasteiger charge is -2.43. The molecule has 176 valence electrons. The van der Waals surface area contributed by atoms with Crippen LogP contribution in [0.5, 0.6) is 0 Å². The van der Waals surface area contributed by atoms with Gasteiger partial charge in [0.25, 0.3) is 0 Å². The Hall–Kier alpha value is -2.81. The first kappa shape index (κ1) is 25.8. The van der Waals surface area contributed by atoms with Crippen molar-refractivity contribution >= 4 is 13.8 Å². The Bertz CT molecular complexity index is 1060. The summed E-state index contributed by atoms with van der Waals surface area (Å²) in [4.78, 5) is 11.3. The lowest BCUT2D eigenvalue weighted by molar-refractivity contribution is 0.0697. The van der Waals surface area contributed by atoms with Crippen LogP contribution in [-0.2, 0) is 0 Å². The number of carbonyl (C=O) groups is 1. The molecule has 0 saturated heterocycles. The fourth-order valence-corrected chi connectivity index (χ4v) is 5.13. The fraction of sp³-hybridized carbons (Fsp3) is 0.387. The minimum atomic E-state index is -0.890. The number of carboxylic acids is 1. The first-order valence-corrected chi connectivity index (χ1v) is 12.2. The lowest BCUT2D eigenvalue weighted by Crippen LogP contribution is -2.31. The van der Waals surface area contributed by atoms with Gasteiger partial charge in [0.1, 0.15) is 0 Å². The molecule has 3 heteroatoms. The van der Waals surface area contributed by atoms with E-state index in [1.165, 1.54) is 16.7 Å². The number of aromatic carboxylic acids is 1. The van der Waals surface area contributed by atoms with Crippen molar-refractivity contribution in [2.24, 2.45) is 10.8 Å². The maximum atomic E-state index is 11.3. The van der Waals surface area contributed by atoms with Crippen LogP contribution in [0.25, 0.3) is 0 Å². The van der Waals surface area contributed by atoms with Gasteiger partial charge in [0, 0.05) is 0 Å². The van der Waals surface area contributed by atoms with Crippen LogP contribution < -0.4 is 0 Å². The van der Waals surface area contributed by atoms with Gasteiger partial charge in [-0.2, -0.15) is 0 Å². The number of rotatable bonds is 10. The molecule has 0 saturated carbocycles. The van der Waals surface area contributed by atoms with Gasteiger partial charge in [-0.15, -0.1) is 0 Å². The van der Waals surface area contributed by atoms with Crippen LogP contribution in [0.15, 0.2) is 84.9 Å². The molecule has 3 aromatic carbocycles. The van der Waals surface area contributed by atoms with E-state index in [2.05, 4.69) is 89.2 Å². The van der Waals surface area contributed by atoms with Gasteiger partial charge in [0.15, 0.2) is 0 Å². The molecular formula is C31H37BO2. The Morgan fingerprint density at radius 3 is 1.74 bits per heavy atom. The Morgan fingerprint density at radius 1 is 0.735 bits per heavy atom. The zero-order chi connectivity index (χ0) is 24.9. The molecule has 34 heavy (non-hydrogen) atoms. The van der Waals surface area contributed by atoms with Gasteiger partial charge in [-0.3, -0.25) is 0 Å². The molecule has 0 heterocycles. The average molecular weight is 452 g/mol. The van der Waals surface area contributed by atoms with Gasteiger partial charge < -0.3 is 5.11 Å². The third-order valence-corrected chi connectivity index (χ3v) is 7.68. The molecule has 0 aliphatic rings. The summed E-state index contributed by atoms with van der Waals surface area (Å²) < 4.78 is 0. The summed E-state index contributed by atoms with van der Waals surface area (Å²) in [6, 6.07) is 28.5. The highest BCUT2D eigenvalue weighted by Crippen LogP contribution is 2.51. The maximum absolute atomic E-state index is 11.3. The Morgan fingerprint density at radius 2 is 1.24 bits per heavy atom. The third kappa shape index (κ3) is 6.20. The van der Waals surface area contributed by atoms with Crippen LogP contribution in [0.2, 0.25) is 0 Å². The predicted octanol–water partition coefficient (Wildman–Crippen LogP) is 8.01. The van der Waals surface area contributed by atoms with Crippen LogP contribution >= 0.6 is 0 Å². The van der Waals surface area contributed by atoms with E-state index in [0.717, 1.165) is 12.8 Å². The topological polar surface area (TPSA) is 37.3 Å². The van der Waals surface area contributed by atoms with Gasteiger partial charge in [-0.25, -0.2) is 4.79 Å². The lowest BCUT2D eigenvalue weighted by atomic mass is 9.59. The Labute approximate surface area is 206 Å². The predicted molar refractivity (Wildman–Crippen MR) is 143 cm³/mol. The van der Waals surface area contributed by atoms with Crippen molar-refractivity contribution in [1.29, 1.82) is 0 Å². The average Bonchev–Trinajstić information content (AvgIpc) is 2.83.